The van der Waals surface area contributed by atoms with Crippen LogP contribution in [0.15, 0.2) is 47.4 Å². The molecule has 0 heterocycles. The van der Waals surface area contributed by atoms with Crippen molar-refractivity contribution in [1.82, 2.24) is 0 Å². The van der Waals surface area contributed by atoms with Crippen LogP contribution >= 0.6 is 23.4 Å². The van der Waals surface area contributed by atoms with Gasteiger partial charge in [-0.1, -0.05) is 23.7 Å². The number of thioether (sulfide) groups is 1. The van der Waals surface area contributed by atoms with Gasteiger partial charge in [-0.3, -0.25) is 4.79 Å². The number of anilines is 1. The van der Waals surface area contributed by atoms with Crippen LogP contribution in [0.5, 0.6) is 0 Å². The number of nitriles is 1. The number of nitrogens with zero attached hydrogens (tertiary/aromatic N) is 1. The van der Waals surface area contributed by atoms with Gasteiger partial charge in [0.1, 0.15) is 12.6 Å². The molecule has 1 unspecified atom stereocenters. The van der Waals surface area contributed by atoms with Crippen molar-refractivity contribution in [1.29, 1.82) is 5.26 Å². The number of benzene rings is 2. The lowest BCUT2D eigenvalue weighted by Gasteiger charge is -2.14. The van der Waals surface area contributed by atoms with Crippen LogP contribution in [0.4, 0.5) is 5.69 Å². The van der Waals surface area contributed by atoms with Crippen molar-refractivity contribution in [3.8, 4) is 6.07 Å². The van der Waals surface area contributed by atoms with Crippen molar-refractivity contribution in [3.63, 3.8) is 0 Å². The minimum absolute atomic E-state index is 0.0889. The van der Waals surface area contributed by atoms with Crippen LogP contribution < -0.4 is 10.2 Å². The summed E-state index contributed by atoms with van der Waals surface area (Å²) in [6, 6.07) is 15.2. The van der Waals surface area contributed by atoms with E-state index in [-0.39, 0.29) is 5.91 Å². The number of rotatable bonds is 6. The topological polar surface area (TPSA) is 57.3 Å². The average molecular weight is 361 g/mol. The van der Waals surface area contributed by atoms with Gasteiger partial charge in [0.25, 0.3) is 5.91 Å². The van der Waals surface area contributed by atoms with E-state index in [4.69, 9.17) is 16.9 Å². The molecule has 0 aliphatic rings. The Morgan fingerprint density at radius 1 is 1.29 bits per heavy atom. The summed E-state index contributed by atoms with van der Waals surface area (Å²) in [5, 5.41) is 12.0. The molecule has 4 nitrogen and oxygen atoms in total. The third-order valence-corrected chi connectivity index (χ3v) is 4.56. The monoisotopic (exact) mass is 360 g/mol. The first-order valence-corrected chi connectivity index (χ1v) is 9.06. The summed E-state index contributed by atoms with van der Waals surface area (Å²) in [7, 11) is 1.98. The van der Waals surface area contributed by atoms with Crippen molar-refractivity contribution in [2.45, 2.75) is 11.4 Å². The number of carbonyl (C=O) groups excluding carboxylic acids is 1. The molecule has 0 saturated carbocycles. The predicted molar refractivity (Wildman–Crippen MR) is 98.5 cm³/mol. The van der Waals surface area contributed by atoms with E-state index in [9.17, 15) is 4.79 Å². The van der Waals surface area contributed by atoms with Crippen LogP contribution in [0.2, 0.25) is 5.02 Å². The van der Waals surface area contributed by atoms with E-state index in [0.717, 1.165) is 11.4 Å². The highest BCUT2D eigenvalue weighted by Gasteiger charge is 2.12. The summed E-state index contributed by atoms with van der Waals surface area (Å²) in [6.07, 6.45) is 2.05. The fraction of sp³-hybridized carbons (Fsp3) is 0.222. The van der Waals surface area contributed by atoms with Gasteiger partial charge in [0.2, 0.25) is 0 Å². The number of hydrogen-bond acceptors (Lipinski definition) is 3. The Morgan fingerprint density at radius 2 is 2.00 bits per heavy atom. The normalized spacial score (nSPS) is 11.6. The quantitative estimate of drug-likeness (QED) is 0.778. The van der Waals surface area contributed by atoms with E-state index in [2.05, 4.69) is 29.6 Å². The minimum atomic E-state index is -0.0889. The molecule has 0 spiro atoms. The molecule has 0 aromatic heterocycles. The molecule has 0 aliphatic carbocycles. The molecule has 1 atom stereocenters. The second-order valence-corrected chi connectivity index (χ2v) is 6.80. The molecule has 0 saturated heterocycles. The van der Waals surface area contributed by atoms with Crippen LogP contribution in [0.1, 0.15) is 11.1 Å². The lowest BCUT2D eigenvalue weighted by molar-refractivity contribution is -0.885. The van der Waals surface area contributed by atoms with Crippen LogP contribution in [0.25, 0.3) is 0 Å². The minimum Gasteiger partial charge on any atom is -0.326 e. The third-order valence-electron chi connectivity index (χ3n) is 3.50. The third kappa shape index (κ3) is 5.27. The molecule has 2 aromatic carbocycles. The molecule has 124 valence electrons. The average Bonchev–Trinajstić information content (AvgIpc) is 2.55. The zero-order valence-electron chi connectivity index (χ0n) is 13.6. The fourth-order valence-electron chi connectivity index (χ4n) is 2.32. The van der Waals surface area contributed by atoms with Crippen molar-refractivity contribution in [2.75, 3.05) is 25.2 Å². The number of quaternary nitrogens is 1. The standard InChI is InChI=1S/C18H18ClN3OS/c1-22(11-13-3-7-16(24-2)8-4-13)12-18(23)21-15-6-5-14(10-20)17(19)9-15/h3-9H,11-12H2,1-2H3,(H,21,23)/p+1. The van der Waals surface area contributed by atoms with Gasteiger partial charge in [-0.05, 0) is 36.6 Å². The molecule has 2 aromatic rings. The Bertz CT molecular complexity index is 756. The molecule has 0 bridgehead atoms. The van der Waals surface area contributed by atoms with Gasteiger partial charge in [0.15, 0.2) is 6.54 Å². The van der Waals surface area contributed by atoms with Crippen molar-refractivity contribution >= 4 is 35.0 Å². The van der Waals surface area contributed by atoms with Gasteiger partial charge in [0.05, 0.1) is 17.6 Å². The number of amides is 1. The van der Waals surface area contributed by atoms with Crippen LogP contribution in [0.3, 0.4) is 0 Å². The van der Waals surface area contributed by atoms with E-state index in [0.29, 0.717) is 22.8 Å². The molecule has 1 amide bonds. The first-order chi connectivity index (χ1) is 11.5. The molecule has 6 heteroatoms. The number of nitrogens with one attached hydrogen (secondary N) is 2. The maximum atomic E-state index is 12.1. The zero-order chi connectivity index (χ0) is 17.5. The highest BCUT2D eigenvalue weighted by Crippen LogP contribution is 2.20. The van der Waals surface area contributed by atoms with Gasteiger partial charge in [-0.2, -0.15) is 5.26 Å². The van der Waals surface area contributed by atoms with Gasteiger partial charge < -0.3 is 10.2 Å². The first-order valence-electron chi connectivity index (χ1n) is 7.45. The van der Waals surface area contributed by atoms with Gasteiger partial charge >= 0.3 is 0 Å². The Morgan fingerprint density at radius 3 is 2.58 bits per heavy atom. The lowest BCUT2D eigenvalue weighted by atomic mass is 10.2. The summed E-state index contributed by atoms with van der Waals surface area (Å²) in [4.78, 5) is 14.5. The summed E-state index contributed by atoms with van der Waals surface area (Å²) in [6.45, 7) is 1.12. The van der Waals surface area contributed by atoms with E-state index in [1.807, 2.05) is 19.4 Å². The van der Waals surface area contributed by atoms with E-state index >= 15 is 0 Å². The highest BCUT2D eigenvalue weighted by atomic mass is 35.5. The molecule has 0 fully saturated rings. The second-order valence-electron chi connectivity index (χ2n) is 5.51. The Hall–Kier alpha value is -2.00. The summed E-state index contributed by atoms with van der Waals surface area (Å²) in [5.74, 6) is -0.0889. The van der Waals surface area contributed by atoms with Gasteiger partial charge in [-0.15, -0.1) is 11.8 Å². The van der Waals surface area contributed by atoms with Crippen LogP contribution in [-0.2, 0) is 11.3 Å². The van der Waals surface area contributed by atoms with E-state index < -0.39 is 0 Å². The highest BCUT2D eigenvalue weighted by molar-refractivity contribution is 7.98. The first kappa shape index (κ1) is 18.3. The maximum absolute atomic E-state index is 12.1. The summed E-state index contributed by atoms with van der Waals surface area (Å²) < 4.78 is 0. The predicted octanol–water partition coefficient (Wildman–Crippen LogP) is 2.59. The van der Waals surface area contributed by atoms with Crippen LogP contribution in [0, 0.1) is 11.3 Å². The number of carbonyl (C=O) groups is 1. The summed E-state index contributed by atoms with van der Waals surface area (Å²) in [5.41, 5.74) is 2.19. The van der Waals surface area contributed by atoms with Crippen LogP contribution in [-0.4, -0.2) is 25.8 Å². The zero-order valence-corrected chi connectivity index (χ0v) is 15.2. The molecular weight excluding hydrogens is 342 g/mol. The Balaban J connectivity index is 1.89. The smallest absolute Gasteiger partial charge is 0.279 e. The van der Waals surface area contributed by atoms with Gasteiger partial charge in [-0.25, -0.2) is 0 Å². The molecular formula is C18H19ClN3OS+. The Kier molecular flexibility index (Phi) is 6.68. The molecule has 2 N–H and O–H groups in total. The fourth-order valence-corrected chi connectivity index (χ4v) is 2.95. The second kappa shape index (κ2) is 8.74. The lowest BCUT2D eigenvalue weighted by Crippen LogP contribution is -3.08. The van der Waals surface area contributed by atoms with Crippen molar-refractivity contribution in [3.05, 3.63) is 58.6 Å². The number of halogens is 1. The largest absolute Gasteiger partial charge is 0.326 e. The van der Waals surface area contributed by atoms with E-state index in [1.54, 1.807) is 30.0 Å². The SMILES string of the molecule is CSc1ccc(C[NH+](C)CC(=O)Nc2ccc(C#N)c(Cl)c2)cc1. The van der Waals surface area contributed by atoms with Crippen molar-refractivity contribution in [2.24, 2.45) is 0 Å². The maximum Gasteiger partial charge on any atom is 0.279 e. The molecule has 0 aliphatic heterocycles. The number of likely N-dealkylation sites (N-methyl/N-ethyl adjacent to an activating group) is 1. The van der Waals surface area contributed by atoms with Gasteiger partial charge in [0, 0.05) is 16.1 Å². The summed E-state index contributed by atoms with van der Waals surface area (Å²) >= 11 is 7.68. The molecule has 24 heavy (non-hydrogen) atoms. The Labute approximate surface area is 151 Å². The van der Waals surface area contributed by atoms with E-state index in [1.165, 1.54) is 10.5 Å². The number of hydrogen-bond donors (Lipinski definition) is 2. The molecule has 0 radical (unpaired) electrons. The molecule has 2 rings (SSSR count). The van der Waals surface area contributed by atoms with Crippen molar-refractivity contribution < 1.29 is 9.69 Å².